The van der Waals surface area contributed by atoms with Crippen LogP contribution in [-0.4, -0.2) is 16.7 Å². The lowest BCUT2D eigenvalue weighted by molar-refractivity contribution is 0.332. The van der Waals surface area contributed by atoms with Crippen LogP contribution < -0.4 is 0 Å². The number of rotatable bonds is 2. The van der Waals surface area contributed by atoms with Crippen LogP contribution in [0.1, 0.15) is 17.5 Å². The highest BCUT2D eigenvalue weighted by Gasteiger charge is 1.96. The fourth-order valence-electron chi connectivity index (χ4n) is 0.719. The first kappa shape index (κ1) is 8.43. The first-order valence-electron chi connectivity index (χ1n) is 3.42. The highest BCUT2D eigenvalue weighted by molar-refractivity contribution is 7.10. The molecule has 0 saturated heterocycles. The molecular weight excluding hydrogens is 158 g/mol. The predicted molar refractivity (Wildman–Crippen MR) is 47.6 cm³/mol. The molecule has 0 aromatic carbocycles. The van der Waals surface area contributed by atoms with E-state index < -0.39 is 0 Å². The second-order valence-electron chi connectivity index (χ2n) is 2.45. The van der Waals surface area contributed by atoms with Crippen molar-refractivity contribution < 1.29 is 5.11 Å². The first-order valence-corrected chi connectivity index (χ1v) is 4.30. The molecule has 11 heavy (non-hydrogen) atoms. The molecule has 3 heteroatoms. The molecule has 0 aliphatic carbocycles. The van der Waals surface area contributed by atoms with Crippen LogP contribution in [0.3, 0.4) is 0 Å². The molecule has 1 aromatic heterocycles. The molecule has 0 amide bonds. The van der Waals surface area contributed by atoms with Crippen LogP contribution in [0.2, 0.25) is 0 Å². The number of aromatic nitrogens is 1. The lowest BCUT2D eigenvalue weighted by Crippen LogP contribution is -1.83. The summed E-state index contributed by atoms with van der Waals surface area (Å²) in [6.07, 6.45) is 1.97. The van der Waals surface area contributed by atoms with Crippen LogP contribution in [0.25, 0.3) is 6.08 Å². The standard InChI is InChI=1S/C8H11NOS/c1-6(4-10)3-8-7(2)9-5-11-8/h3,5,10H,4H2,1-2H3. The fourth-order valence-corrected chi connectivity index (χ4v) is 1.54. The molecule has 0 aliphatic rings. The van der Waals surface area contributed by atoms with E-state index >= 15 is 0 Å². The van der Waals surface area contributed by atoms with Crippen molar-refractivity contribution in [3.05, 3.63) is 21.7 Å². The summed E-state index contributed by atoms with van der Waals surface area (Å²) in [7, 11) is 0. The van der Waals surface area contributed by atoms with Gasteiger partial charge >= 0.3 is 0 Å². The molecule has 0 aliphatic heterocycles. The van der Waals surface area contributed by atoms with Gasteiger partial charge in [-0.15, -0.1) is 11.3 Å². The van der Waals surface area contributed by atoms with Gasteiger partial charge in [0.1, 0.15) is 0 Å². The van der Waals surface area contributed by atoms with Crippen LogP contribution in [-0.2, 0) is 0 Å². The molecule has 0 radical (unpaired) electrons. The van der Waals surface area contributed by atoms with Gasteiger partial charge < -0.3 is 5.11 Å². The Hall–Kier alpha value is -0.670. The lowest BCUT2D eigenvalue weighted by Gasteiger charge is -1.92. The zero-order chi connectivity index (χ0) is 8.27. The summed E-state index contributed by atoms with van der Waals surface area (Å²) in [4.78, 5) is 5.23. The Kier molecular flexibility index (Phi) is 2.79. The van der Waals surface area contributed by atoms with E-state index in [1.807, 2.05) is 25.4 Å². The number of thiazole rings is 1. The van der Waals surface area contributed by atoms with Gasteiger partial charge in [0.25, 0.3) is 0 Å². The van der Waals surface area contributed by atoms with Gasteiger partial charge in [0.05, 0.1) is 17.8 Å². The van der Waals surface area contributed by atoms with Gasteiger partial charge in [-0.25, -0.2) is 4.98 Å². The second kappa shape index (κ2) is 3.64. The first-order chi connectivity index (χ1) is 5.24. The van der Waals surface area contributed by atoms with E-state index in [2.05, 4.69) is 4.98 Å². The van der Waals surface area contributed by atoms with Gasteiger partial charge in [-0.05, 0) is 25.5 Å². The number of aliphatic hydroxyl groups excluding tert-OH is 1. The van der Waals surface area contributed by atoms with Gasteiger partial charge in [-0.3, -0.25) is 0 Å². The Morgan fingerprint density at radius 1 is 1.82 bits per heavy atom. The molecule has 0 unspecified atom stereocenters. The van der Waals surface area contributed by atoms with Crippen molar-refractivity contribution >= 4 is 17.4 Å². The van der Waals surface area contributed by atoms with Gasteiger partial charge in [0.2, 0.25) is 0 Å². The van der Waals surface area contributed by atoms with Crippen molar-refractivity contribution in [1.82, 2.24) is 4.98 Å². The third-order valence-corrected chi connectivity index (χ3v) is 2.29. The van der Waals surface area contributed by atoms with Crippen molar-refractivity contribution in [2.24, 2.45) is 0 Å². The zero-order valence-electron chi connectivity index (χ0n) is 6.66. The van der Waals surface area contributed by atoms with E-state index in [-0.39, 0.29) is 6.61 Å². The number of nitrogens with zero attached hydrogens (tertiary/aromatic N) is 1. The average Bonchev–Trinajstić information content (AvgIpc) is 2.37. The minimum Gasteiger partial charge on any atom is -0.392 e. The summed E-state index contributed by atoms with van der Waals surface area (Å²) in [6.45, 7) is 3.99. The highest BCUT2D eigenvalue weighted by atomic mass is 32.1. The van der Waals surface area contributed by atoms with E-state index in [9.17, 15) is 0 Å². The molecule has 0 atom stereocenters. The maximum Gasteiger partial charge on any atom is 0.0801 e. The fraction of sp³-hybridized carbons (Fsp3) is 0.375. The lowest BCUT2D eigenvalue weighted by atomic mass is 10.2. The second-order valence-corrected chi connectivity index (χ2v) is 3.34. The van der Waals surface area contributed by atoms with Crippen LogP contribution in [0.4, 0.5) is 0 Å². The third kappa shape index (κ3) is 2.13. The van der Waals surface area contributed by atoms with Crippen molar-refractivity contribution in [1.29, 1.82) is 0 Å². The topological polar surface area (TPSA) is 33.1 Å². The number of hydrogen-bond acceptors (Lipinski definition) is 3. The Bertz CT molecular complexity index is 265. The smallest absolute Gasteiger partial charge is 0.0801 e. The summed E-state index contributed by atoms with van der Waals surface area (Å²) >= 11 is 1.59. The summed E-state index contributed by atoms with van der Waals surface area (Å²) in [5.74, 6) is 0. The van der Waals surface area contributed by atoms with Gasteiger partial charge in [-0.2, -0.15) is 0 Å². The minimum atomic E-state index is 0.122. The van der Waals surface area contributed by atoms with Crippen molar-refractivity contribution in [2.75, 3.05) is 6.61 Å². The molecule has 1 heterocycles. The molecule has 0 bridgehead atoms. The normalized spacial score (nSPS) is 12.1. The molecule has 1 aromatic rings. The summed E-state index contributed by atoms with van der Waals surface area (Å²) < 4.78 is 0. The monoisotopic (exact) mass is 169 g/mol. The Balaban J connectivity index is 2.86. The molecule has 0 saturated carbocycles. The molecule has 1 rings (SSSR count). The van der Waals surface area contributed by atoms with Gasteiger partial charge in [-0.1, -0.05) is 0 Å². The van der Waals surface area contributed by atoms with Gasteiger partial charge in [0, 0.05) is 4.88 Å². The Morgan fingerprint density at radius 3 is 3.00 bits per heavy atom. The number of hydrogen-bond donors (Lipinski definition) is 1. The van der Waals surface area contributed by atoms with E-state index in [0.717, 1.165) is 16.1 Å². The van der Waals surface area contributed by atoms with E-state index in [0.29, 0.717) is 0 Å². The maximum absolute atomic E-state index is 8.74. The molecule has 1 N–H and O–H groups in total. The molecule has 60 valence electrons. The van der Waals surface area contributed by atoms with Crippen LogP contribution in [0.15, 0.2) is 11.1 Å². The summed E-state index contributed by atoms with van der Waals surface area (Å²) in [5, 5.41) is 8.74. The van der Waals surface area contributed by atoms with Crippen LogP contribution in [0, 0.1) is 6.92 Å². The summed E-state index contributed by atoms with van der Waals surface area (Å²) in [6, 6.07) is 0. The van der Waals surface area contributed by atoms with E-state index in [1.54, 1.807) is 11.3 Å². The minimum absolute atomic E-state index is 0.122. The zero-order valence-corrected chi connectivity index (χ0v) is 7.48. The number of aryl methyl sites for hydroxylation is 1. The van der Waals surface area contributed by atoms with E-state index in [1.165, 1.54) is 0 Å². The maximum atomic E-state index is 8.74. The third-order valence-electron chi connectivity index (χ3n) is 1.41. The van der Waals surface area contributed by atoms with Crippen LogP contribution >= 0.6 is 11.3 Å². The summed E-state index contributed by atoms with van der Waals surface area (Å²) in [5.41, 5.74) is 3.81. The SMILES string of the molecule is CC(=Cc1scnc1C)CO. The number of aliphatic hydroxyl groups is 1. The van der Waals surface area contributed by atoms with Crippen molar-refractivity contribution in [2.45, 2.75) is 13.8 Å². The Morgan fingerprint density at radius 2 is 2.55 bits per heavy atom. The van der Waals surface area contributed by atoms with Crippen molar-refractivity contribution in [3.63, 3.8) is 0 Å². The van der Waals surface area contributed by atoms with Gasteiger partial charge in [0.15, 0.2) is 0 Å². The quantitative estimate of drug-likeness (QED) is 0.733. The molecule has 0 spiro atoms. The molecule has 0 fully saturated rings. The Labute approximate surface area is 70.2 Å². The molecular formula is C8H11NOS. The molecule has 2 nitrogen and oxygen atoms in total. The van der Waals surface area contributed by atoms with Crippen molar-refractivity contribution in [3.8, 4) is 0 Å². The largest absolute Gasteiger partial charge is 0.392 e. The predicted octanol–water partition coefficient (Wildman–Crippen LogP) is 1.85. The highest BCUT2D eigenvalue weighted by Crippen LogP contribution is 2.15. The average molecular weight is 169 g/mol. The van der Waals surface area contributed by atoms with Crippen LogP contribution in [0.5, 0.6) is 0 Å². The van der Waals surface area contributed by atoms with E-state index in [4.69, 9.17) is 5.11 Å².